The van der Waals surface area contributed by atoms with Crippen LogP contribution < -0.4 is 10.1 Å². The fourth-order valence-corrected chi connectivity index (χ4v) is 2.30. The average molecular weight is 325 g/mol. The van der Waals surface area contributed by atoms with Crippen LogP contribution in [0.25, 0.3) is 0 Å². The highest BCUT2D eigenvalue weighted by molar-refractivity contribution is 7.98. The van der Waals surface area contributed by atoms with Crippen LogP contribution in [-0.2, 0) is 9.59 Å². The van der Waals surface area contributed by atoms with E-state index in [1.807, 2.05) is 30.5 Å². The lowest BCUT2D eigenvalue weighted by molar-refractivity contribution is -0.142. The second-order valence-corrected chi connectivity index (χ2v) is 6.24. The van der Waals surface area contributed by atoms with Crippen LogP contribution in [-0.4, -0.2) is 41.6 Å². The van der Waals surface area contributed by atoms with E-state index in [0.29, 0.717) is 23.8 Å². The van der Waals surface area contributed by atoms with Crippen molar-refractivity contribution in [2.24, 2.45) is 0 Å². The van der Waals surface area contributed by atoms with Gasteiger partial charge in [0.05, 0.1) is 0 Å². The molecule has 2 N–H and O–H groups in total. The number of carboxylic acid groups (broad SMARTS) is 1. The molecule has 0 saturated carbocycles. The second kappa shape index (κ2) is 9.35. The zero-order chi connectivity index (χ0) is 16.5. The normalized spacial score (nSPS) is 12.0. The van der Waals surface area contributed by atoms with Gasteiger partial charge in [0, 0.05) is 0 Å². The van der Waals surface area contributed by atoms with E-state index in [-0.39, 0.29) is 6.61 Å². The lowest BCUT2D eigenvalue weighted by atomic mass is 10.0. The van der Waals surface area contributed by atoms with E-state index in [0.717, 1.165) is 0 Å². The molecule has 0 aliphatic carbocycles. The number of rotatable bonds is 9. The standard InChI is InChI=1S/C16H23NO4S/c1-11(2)12-4-6-13(7-5-12)21-10-15(18)17-14(16(19)20)8-9-22-3/h4-7,11,14H,8-10H2,1-3H3,(H,17,18)(H,19,20)/t14-/m0/s1. The van der Waals surface area contributed by atoms with Crippen molar-refractivity contribution in [1.29, 1.82) is 0 Å². The maximum absolute atomic E-state index is 11.8. The topological polar surface area (TPSA) is 75.6 Å². The van der Waals surface area contributed by atoms with Crippen LogP contribution in [0.1, 0.15) is 31.7 Å². The van der Waals surface area contributed by atoms with Crippen molar-refractivity contribution in [2.75, 3.05) is 18.6 Å². The van der Waals surface area contributed by atoms with Crippen LogP contribution in [0.3, 0.4) is 0 Å². The summed E-state index contributed by atoms with van der Waals surface area (Å²) in [6.07, 6.45) is 2.29. The van der Waals surface area contributed by atoms with E-state index in [4.69, 9.17) is 9.84 Å². The molecule has 5 nitrogen and oxygen atoms in total. The van der Waals surface area contributed by atoms with Crippen molar-refractivity contribution in [1.82, 2.24) is 5.32 Å². The first-order chi connectivity index (χ1) is 10.4. The van der Waals surface area contributed by atoms with Crippen molar-refractivity contribution in [3.05, 3.63) is 29.8 Å². The van der Waals surface area contributed by atoms with Gasteiger partial charge in [0.15, 0.2) is 6.61 Å². The summed E-state index contributed by atoms with van der Waals surface area (Å²) in [6.45, 7) is 4.01. The van der Waals surface area contributed by atoms with Gasteiger partial charge in [-0.05, 0) is 42.0 Å². The van der Waals surface area contributed by atoms with E-state index in [1.165, 1.54) is 5.56 Å². The Morgan fingerprint density at radius 3 is 2.41 bits per heavy atom. The van der Waals surface area contributed by atoms with Gasteiger partial charge in [-0.25, -0.2) is 4.79 Å². The molecule has 0 saturated heterocycles. The van der Waals surface area contributed by atoms with Crippen LogP contribution in [0, 0.1) is 0 Å². The predicted octanol–water partition coefficient (Wildman–Crippen LogP) is 2.51. The number of amides is 1. The number of aliphatic carboxylic acids is 1. The van der Waals surface area contributed by atoms with Gasteiger partial charge in [0.2, 0.25) is 0 Å². The van der Waals surface area contributed by atoms with Gasteiger partial charge in [0.1, 0.15) is 11.8 Å². The highest BCUT2D eigenvalue weighted by atomic mass is 32.2. The average Bonchev–Trinajstić information content (AvgIpc) is 2.49. The van der Waals surface area contributed by atoms with Gasteiger partial charge in [-0.1, -0.05) is 26.0 Å². The minimum absolute atomic E-state index is 0.190. The molecule has 0 aromatic heterocycles. The third kappa shape index (κ3) is 6.39. The maximum Gasteiger partial charge on any atom is 0.326 e. The molecular formula is C16H23NO4S. The molecule has 6 heteroatoms. The summed E-state index contributed by atoms with van der Waals surface area (Å²) in [5.41, 5.74) is 1.19. The first-order valence-electron chi connectivity index (χ1n) is 7.18. The molecule has 1 aromatic rings. The lowest BCUT2D eigenvalue weighted by Gasteiger charge is -2.14. The van der Waals surface area contributed by atoms with Crippen LogP contribution in [0.15, 0.2) is 24.3 Å². The number of hydrogen-bond donors (Lipinski definition) is 2. The summed E-state index contributed by atoms with van der Waals surface area (Å²) >= 11 is 1.54. The van der Waals surface area contributed by atoms with E-state index in [2.05, 4.69) is 19.2 Å². The first-order valence-corrected chi connectivity index (χ1v) is 8.57. The van der Waals surface area contributed by atoms with Gasteiger partial charge in [-0.3, -0.25) is 4.79 Å². The number of carboxylic acids is 1. The largest absolute Gasteiger partial charge is 0.484 e. The molecule has 1 rings (SSSR count). The second-order valence-electron chi connectivity index (χ2n) is 5.25. The van der Waals surface area contributed by atoms with Crippen molar-refractivity contribution >= 4 is 23.6 Å². The molecule has 122 valence electrons. The minimum Gasteiger partial charge on any atom is -0.484 e. The van der Waals surface area contributed by atoms with Gasteiger partial charge in [-0.15, -0.1) is 0 Å². The number of nitrogens with one attached hydrogen (secondary N) is 1. The van der Waals surface area contributed by atoms with E-state index in [9.17, 15) is 9.59 Å². The van der Waals surface area contributed by atoms with Crippen molar-refractivity contribution in [3.63, 3.8) is 0 Å². The van der Waals surface area contributed by atoms with Crippen molar-refractivity contribution in [3.8, 4) is 5.75 Å². The molecule has 0 heterocycles. The van der Waals surface area contributed by atoms with Gasteiger partial charge in [-0.2, -0.15) is 11.8 Å². The fourth-order valence-electron chi connectivity index (χ4n) is 1.83. The highest BCUT2D eigenvalue weighted by Crippen LogP contribution is 2.18. The van der Waals surface area contributed by atoms with Gasteiger partial charge < -0.3 is 15.2 Å². The molecule has 0 fully saturated rings. The van der Waals surface area contributed by atoms with Crippen LogP contribution in [0.5, 0.6) is 5.75 Å². The Hall–Kier alpha value is -1.69. The fraction of sp³-hybridized carbons (Fsp3) is 0.500. The Bertz CT molecular complexity index is 487. The molecule has 1 aromatic carbocycles. The van der Waals surface area contributed by atoms with Gasteiger partial charge in [0.25, 0.3) is 5.91 Å². The lowest BCUT2D eigenvalue weighted by Crippen LogP contribution is -2.43. The quantitative estimate of drug-likeness (QED) is 0.729. The molecule has 1 atom stereocenters. The number of hydrogen-bond acceptors (Lipinski definition) is 4. The number of benzene rings is 1. The van der Waals surface area contributed by atoms with Gasteiger partial charge >= 0.3 is 5.97 Å². The zero-order valence-corrected chi connectivity index (χ0v) is 14.0. The molecule has 1 amide bonds. The van der Waals surface area contributed by atoms with E-state index >= 15 is 0 Å². The van der Waals surface area contributed by atoms with Crippen molar-refractivity contribution < 1.29 is 19.4 Å². The Morgan fingerprint density at radius 1 is 1.27 bits per heavy atom. The monoisotopic (exact) mass is 325 g/mol. The summed E-state index contributed by atoms with van der Waals surface area (Å²) in [5, 5.41) is 11.5. The Morgan fingerprint density at radius 2 is 1.91 bits per heavy atom. The van der Waals surface area contributed by atoms with Crippen LogP contribution in [0.2, 0.25) is 0 Å². The Kier molecular flexibility index (Phi) is 7.80. The Balaban J connectivity index is 2.45. The summed E-state index contributed by atoms with van der Waals surface area (Å²) in [6, 6.07) is 6.66. The molecule has 0 radical (unpaired) electrons. The maximum atomic E-state index is 11.8. The van der Waals surface area contributed by atoms with E-state index in [1.54, 1.807) is 11.8 Å². The summed E-state index contributed by atoms with van der Waals surface area (Å²) in [4.78, 5) is 22.8. The third-order valence-electron chi connectivity index (χ3n) is 3.16. The molecule has 22 heavy (non-hydrogen) atoms. The number of carbonyl (C=O) groups excluding carboxylic acids is 1. The van der Waals surface area contributed by atoms with Crippen LogP contribution in [0.4, 0.5) is 0 Å². The Labute approximate surface area is 135 Å². The van der Waals surface area contributed by atoms with Crippen LogP contribution >= 0.6 is 11.8 Å². The molecule has 0 unspecified atom stereocenters. The zero-order valence-electron chi connectivity index (χ0n) is 13.2. The van der Waals surface area contributed by atoms with Crippen molar-refractivity contribution in [2.45, 2.75) is 32.2 Å². The number of ether oxygens (including phenoxy) is 1. The predicted molar refractivity (Wildman–Crippen MR) is 88.6 cm³/mol. The molecule has 0 aliphatic heterocycles. The molecular weight excluding hydrogens is 302 g/mol. The summed E-state index contributed by atoms with van der Waals surface area (Å²) < 4.78 is 5.38. The van der Waals surface area contributed by atoms with E-state index < -0.39 is 17.9 Å². The molecule has 0 aliphatic rings. The summed E-state index contributed by atoms with van der Waals surface area (Å²) in [5.74, 6) is 0.250. The molecule has 0 bridgehead atoms. The summed E-state index contributed by atoms with van der Waals surface area (Å²) in [7, 11) is 0. The minimum atomic E-state index is -1.02. The number of thioether (sulfide) groups is 1. The first kappa shape index (κ1) is 18.4. The third-order valence-corrected chi connectivity index (χ3v) is 3.80. The molecule has 0 spiro atoms. The SMILES string of the molecule is CSCC[C@H](NC(=O)COc1ccc(C(C)C)cc1)C(=O)O. The number of carbonyl (C=O) groups is 2. The smallest absolute Gasteiger partial charge is 0.326 e. The highest BCUT2D eigenvalue weighted by Gasteiger charge is 2.19.